The number of likely N-dealkylation sites (N-methyl/N-ethyl adjacent to an activating group) is 1. The summed E-state index contributed by atoms with van der Waals surface area (Å²) in [6, 6.07) is 6.79. The molecule has 1 aliphatic carbocycles. The maximum absolute atomic E-state index is 15.5. The Kier molecular flexibility index (Phi) is 4.73. The van der Waals surface area contributed by atoms with Crippen LogP contribution in [0.2, 0.25) is 0 Å². The van der Waals surface area contributed by atoms with Gasteiger partial charge >= 0.3 is 6.03 Å². The summed E-state index contributed by atoms with van der Waals surface area (Å²) in [4.78, 5) is 24.1. The zero-order valence-corrected chi connectivity index (χ0v) is 18.8. The molecule has 2 aliphatic rings. The fourth-order valence-electron chi connectivity index (χ4n) is 4.82. The van der Waals surface area contributed by atoms with E-state index in [9.17, 15) is 13.6 Å². The number of aromatic nitrogens is 3. The molecule has 6 rings (SSSR count). The predicted molar refractivity (Wildman–Crippen MR) is 125 cm³/mol. The number of benzene rings is 2. The van der Waals surface area contributed by atoms with Gasteiger partial charge in [0.1, 0.15) is 35.2 Å². The smallest absolute Gasteiger partial charge is 0.324 e. The van der Waals surface area contributed by atoms with Gasteiger partial charge in [-0.15, -0.1) is 0 Å². The zero-order chi connectivity index (χ0) is 24.4. The molecule has 1 aliphatic heterocycles. The maximum atomic E-state index is 15.5. The molecular formula is C25H21F3N6O. The highest BCUT2D eigenvalue weighted by Crippen LogP contribution is 2.43. The van der Waals surface area contributed by atoms with Crippen molar-refractivity contribution in [3.8, 4) is 11.1 Å². The van der Waals surface area contributed by atoms with Crippen LogP contribution in [-0.4, -0.2) is 39.1 Å². The minimum absolute atomic E-state index is 0.0519. The topological polar surface area (TPSA) is 80.3 Å². The summed E-state index contributed by atoms with van der Waals surface area (Å²) < 4.78 is 45.6. The van der Waals surface area contributed by atoms with Gasteiger partial charge in [0, 0.05) is 41.7 Å². The molecular weight excluding hydrogens is 457 g/mol. The standard InChI is InChI=1S/C25H21F3N6O/c1-32-21(17-8-13(26)2-7-19(17)27)11-34(25(32)35)15-5-6-16(20(28)9-15)18-10-33(14-3-4-14)24-22(18)23(29)30-12-31-24/h2,5-10,12,14,21H,3-4,11H2,1H3,(H2,29,30,31). The number of hydrogen-bond donors (Lipinski definition) is 1. The Bertz CT molecular complexity index is 1500. The lowest BCUT2D eigenvalue weighted by Gasteiger charge is -2.18. The Hall–Kier alpha value is -4.08. The Labute approximate surface area is 198 Å². The van der Waals surface area contributed by atoms with Crippen molar-refractivity contribution in [2.75, 3.05) is 24.2 Å². The van der Waals surface area contributed by atoms with Gasteiger partial charge in [-0.2, -0.15) is 0 Å². The number of nitrogens with zero attached hydrogens (tertiary/aromatic N) is 5. The van der Waals surface area contributed by atoms with Crippen LogP contribution in [0.15, 0.2) is 48.9 Å². The fraction of sp³-hybridized carbons (Fsp3) is 0.240. The van der Waals surface area contributed by atoms with E-state index in [2.05, 4.69) is 9.97 Å². The third kappa shape index (κ3) is 3.39. The Morgan fingerprint density at radius 2 is 1.80 bits per heavy atom. The van der Waals surface area contributed by atoms with Gasteiger partial charge in [-0.3, -0.25) is 4.90 Å². The highest BCUT2D eigenvalue weighted by Gasteiger charge is 2.38. The number of nitrogen functional groups attached to an aromatic ring is 1. The van der Waals surface area contributed by atoms with Gasteiger partial charge in [0.2, 0.25) is 0 Å². The molecule has 2 amide bonds. The van der Waals surface area contributed by atoms with E-state index in [0.717, 1.165) is 31.0 Å². The molecule has 0 spiro atoms. The molecule has 2 aromatic heterocycles. The van der Waals surface area contributed by atoms with E-state index in [1.165, 1.54) is 29.2 Å². The molecule has 0 radical (unpaired) electrons. The first kappa shape index (κ1) is 21.5. The molecule has 35 heavy (non-hydrogen) atoms. The van der Waals surface area contributed by atoms with Crippen LogP contribution in [-0.2, 0) is 0 Å². The third-order valence-corrected chi connectivity index (χ3v) is 6.81. The second kappa shape index (κ2) is 7.72. The van der Waals surface area contributed by atoms with E-state index in [1.54, 1.807) is 12.1 Å². The van der Waals surface area contributed by atoms with Gasteiger partial charge in [-0.1, -0.05) is 0 Å². The molecule has 1 atom stereocenters. The number of fused-ring (bicyclic) bond motifs is 1. The first-order valence-electron chi connectivity index (χ1n) is 11.2. The highest BCUT2D eigenvalue weighted by molar-refractivity contribution is 6.01. The van der Waals surface area contributed by atoms with Crippen LogP contribution in [0.5, 0.6) is 0 Å². The van der Waals surface area contributed by atoms with Crippen LogP contribution in [0.3, 0.4) is 0 Å². The van der Waals surface area contributed by atoms with E-state index in [4.69, 9.17) is 5.73 Å². The van der Waals surface area contributed by atoms with Crippen LogP contribution in [0.1, 0.15) is 30.5 Å². The van der Waals surface area contributed by atoms with Crippen LogP contribution >= 0.6 is 0 Å². The molecule has 10 heteroatoms. The van der Waals surface area contributed by atoms with Crippen molar-refractivity contribution in [2.24, 2.45) is 0 Å². The number of anilines is 2. The van der Waals surface area contributed by atoms with E-state index in [-0.39, 0.29) is 17.9 Å². The quantitative estimate of drug-likeness (QED) is 0.445. The van der Waals surface area contributed by atoms with E-state index >= 15 is 4.39 Å². The number of halogens is 3. The SMILES string of the molecule is CN1C(=O)N(c2ccc(-c3cn(C4CC4)c4ncnc(N)c34)c(F)c2)CC1c1cc(F)ccc1F. The van der Waals surface area contributed by atoms with Crippen molar-refractivity contribution in [2.45, 2.75) is 24.9 Å². The van der Waals surface area contributed by atoms with Gasteiger partial charge in [0.15, 0.2) is 0 Å². The monoisotopic (exact) mass is 478 g/mol. The van der Waals surface area contributed by atoms with Crippen molar-refractivity contribution < 1.29 is 18.0 Å². The molecule has 1 saturated carbocycles. The lowest BCUT2D eigenvalue weighted by atomic mass is 10.0. The van der Waals surface area contributed by atoms with E-state index < -0.39 is 29.5 Å². The van der Waals surface area contributed by atoms with E-state index in [0.29, 0.717) is 33.9 Å². The first-order valence-corrected chi connectivity index (χ1v) is 11.2. The molecule has 178 valence electrons. The van der Waals surface area contributed by atoms with Crippen LogP contribution in [0.25, 0.3) is 22.2 Å². The molecule has 4 aromatic rings. The summed E-state index contributed by atoms with van der Waals surface area (Å²) in [6.07, 6.45) is 5.29. The number of carbonyl (C=O) groups excluding carboxylic acids is 1. The molecule has 7 nitrogen and oxygen atoms in total. The summed E-state index contributed by atoms with van der Waals surface area (Å²) in [5.41, 5.74) is 8.08. The summed E-state index contributed by atoms with van der Waals surface area (Å²) in [5.74, 6) is -1.48. The van der Waals surface area contributed by atoms with Crippen LogP contribution < -0.4 is 10.6 Å². The van der Waals surface area contributed by atoms with Crippen molar-refractivity contribution >= 4 is 28.6 Å². The summed E-state index contributed by atoms with van der Waals surface area (Å²) in [6.45, 7) is 0.0519. The molecule has 0 bridgehead atoms. The summed E-state index contributed by atoms with van der Waals surface area (Å²) in [5, 5.41) is 0.588. The average Bonchev–Trinajstić information content (AvgIpc) is 3.54. The van der Waals surface area contributed by atoms with Crippen molar-refractivity contribution in [1.29, 1.82) is 0 Å². The molecule has 2 N–H and O–H groups in total. The van der Waals surface area contributed by atoms with Crippen LogP contribution in [0.4, 0.5) is 29.5 Å². The third-order valence-electron chi connectivity index (χ3n) is 6.81. The number of urea groups is 1. The average molecular weight is 478 g/mol. The Morgan fingerprint density at radius 3 is 2.54 bits per heavy atom. The first-order chi connectivity index (χ1) is 16.8. The van der Waals surface area contributed by atoms with Crippen molar-refractivity contribution in [3.05, 3.63) is 71.9 Å². The second-order valence-electron chi connectivity index (χ2n) is 8.99. The summed E-state index contributed by atoms with van der Waals surface area (Å²) in [7, 11) is 1.51. The highest BCUT2D eigenvalue weighted by atomic mass is 19.1. The number of hydrogen-bond acceptors (Lipinski definition) is 4. The lowest BCUT2D eigenvalue weighted by Crippen LogP contribution is -2.29. The van der Waals surface area contributed by atoms with Gasteiger partial charge < -0.3 is 15.2 Å². The Balaban J connectivity index is 1.37. The van der Waals surface area contributed by atoms with Crippen LogP contribution in [0, 0.1) is 17.5 Å². The fourth-order valence-corrected chi connectivity index (χ4v) is 4.82. The molecule has 3 heterocycles. The molecule has 1 saturated heterocycles. The molecule has 2 aromatic carbocycles. The maximum Gasteiger partial charge on any atom is 0.324 e. The van der Waals surface area contributed by atoms with Crippen molar-refractivity contribution in [3.63, 3.8) is 0 Å². The van der Waals surface area contributed by atoms with Gasteiger partial charge in [-0.05, 0) is 49.2 Å². The lowest BCUT2D eigenvalue weighted by molar-refractivity contribution is 0.218. The second-order valence-corrected chi connectivity index (χ2v) is 8.99. The minimum Gasteiger partial charge on any atom is -0.383 e. The summed E-state index contributed by atoms with van der Waals surface area (Å²) >= 11 is 0. The normalized spacial score (nSPS) is 18.2. The Morgan fingerprint density at radius 1 is 1.00 bits per heavy atom. The molecule has 2 fully saturated rings. The van der Waals surface area contributed by atoms with Gasteiger partial charge in [-0.25, -0.2) is 27.9 Å². The largest absolute Gasteiger partial charge is 0.383 e. The number of nitrogens with two attached hydrogens (primary N) is 1. The number of carbonyl (C=O) groups is 1. The predicted octanol–water partition coefficient (Wildman–Crippen LogP) is 5.05. The molecule has 1 unspecified atom stereocenters. The van der Waals surface area contributed by atoms with Gasteiger partial charge in [0.25, 0.3) is 0 Å². The number of rotatable bonds is 4. The van der Waals surface area contributed by atoms with Gasteiger partial charge in [0.05, 0.1) is 18.0 Å². The van der Waals surface area contributed by atoms with E-state index in [1.807, 2.05) is 10.8 Å². The zero-order valence-electron chi connectivity index (χ0n) is 18.8. The van der Waals surface area contributed by atoms with Crippen molar-refractivity contribution in [1.82, 2.24) is 19.4 Å². The minimum atomic E-state index is -0.714. The number of amides is 2.